The van der Waals surface area contributed by atoms with Crippen molar-refractivity contribution < 1.29 is 0 Å². The highest BCUT2D eigenvalue weighted by Crippen LogP contribution is 2.34. The average molecular weight is 369 g/mol. The van der Waals surface area contributed by atoms with Gasteiger partial charge in [0.1, 0.15) is 10.7 Å². The van der Waals surface area contributed by atoms with Crippen molar-refractivity contribution in [2.75, 3.05) is 0 Å². The molecule has 0 bridgehead atoms. The number of benzene rings is 1. The number of nitrogens with zero attached hydrogens (tertiary/aromatic N) is 2. The van der Waals surface area contributed by atoms with Gasteiger partial charge in [-0.25, -0.2) is 4.98 Å². The minimum Gasteiger partial charge on any atom is -0.284 e. The van der Waals surface area contributed by atoms with Gasteiger partial charge in [0.15, 0.2) is 0 Å². The molecule has 126 valence electrons. The molecule has 0 radical (unpaired) electrons. The number of hydrogen-bond donors (Lipinski definition) is 0. The predicted molar refractivity (Wildman–Crippen MR) is 104 cm³/mol. The SMILES string of the molecule is C#CCn1c(Cc2ccc(Cl)cc2)nc2sc3c(c2c1=O)CCCC3. The van der Waals surface area contributed by atoms with E-state index in [1.807, 2.05) is 24.3 Å². The lowest BCUT2D eigenvalue weighted by molar-refractivity contribution is 0.694. The van der Waals surface area contributed by atoms with E-state index in [-0.39, 0.29) is 12.1 Å². The number of terminal acetylenes is 1. The number of fused-ring (bicyclic) bond motifs is 3. The van der Waals surface area contributed by atoms with Gasteiger partial charge < -0.3 is 0 Å². The standard InChI is InChI=1S/C20H17ClN2OS/c1-2-11-23-17(12-13-7-9-14(21)10-8-13)22-19-18(20(23)24)15-5-3-4-6-16(15)25-19/h1,7-10H,3-6,11-12H2. The fraction of sp³-hybridized carbons (Fsp3) is 0.300. The molecule has 2 heterocycles. The van der Waals surface area contributed by atoms with Crippen LogP contribution in [0, 0.1) is 12.3 Å². The minimum absolute atomic E-state index is 0.00585. The second kappa shape index (κ2) is 6.67. The van der Waals surface area contributed by atoms with Gasteiger partial charge in [-0.2, -0.15) is 0 Å². The number of aromatic nitrogens is 2. The Hall–Kier alpha value is -2.09. The second-order valence-electron chi connectivity index (χ2n) is 6.32. The zero-order chi connectivity index (χ0) is 17.4. The lowest BCUT2D eigenvalue weighted by Crippen LogP contribution is -2.25. The van der Waals surface area contributed by atoms with Crippen molar-refractivity contribution in [1.29, 1.82) is 0 Å². The topological polar surface area (TPSA) is 34.9 Å². The van der Waals surface area contributed by atoms with Gasteiger partial charge >= 0.3 is 0 Å². The number of thiophene rings is 1. The second-order valence-corrected chi connectivity index (χ2v) is 7.84. The third-order valence-corrected chi connectivity index (χ3v) is 6.12. The summed E-state index contributed by atoms with van der Waals surface area (Å²) in [5.41, 5.74) is 2.27. The summed E-state index contributed by atoms with van der Waals surface area (Å²) in [7, 11) is 0. The first-order chi connectivity index (χ1) is 12.2. The molecule has 1 aliphatic rings. The molecule has 0 spiro atoms. The zero-order valence-electron chi connectivity index (χ0n) is 13.7. The Labute approximate surface area is 155 Å². The fourth-order valence-corrected chi connectivity index (χ4v) is 4.85. The highest BCUT2D eigenvalue weighted by molar-refractivity contribution is 7.18. The van der Waals surface area contributed by atoms with Crippen LogP contribution >= 0.6 is 22.9 Å². The molecule has 0 amide bonds. The lowest BCUT2D eigenvalue weighted by atomic mass is 9.97. The van der Waals surface area contributed by atoms with Gasteiger partial charge in [0, 0.05) is 16.3 Å². The summed E-state index contributed by atoms with van der Waals surface area (Å²) in [4.78, 5) is 20.1. The van der Waals surface area contributed by atoms with E-state index < -0.39 is 0 Å². The van der Waals surface area contributed by atoms with E-state index in [2.05, 4.69) is 5.92 Å². The van der Waals surface area contributed by atoms with Crippen LogP contribution in [0.5, 0.6) is 0 Å². The van der Waals surface area contributed by atoms with Crippen molar-refractivity contribution in [3.8, 4) is 12.3 Å². The minimum atomic E-state index is 0.00585. The molecule has 0 atom stereocenters. The van der Waals surface area contributed by atoms with E-state index in [9.17, 15) is 4.79 Å². The van der Waals surface area contributed by atoms with Crippen LogP contribution in [0.1, 0.15) is 34.7 Å². The van der Waals surface area contributed by atoms with Crippen molar-refractivity contribution in [1.82, 2.24) is 9.55 Å². The molecule has 3 nitrogen and oxygen atoms in total. The van der Waals surface area contributed by atoms with E-state index in [0.29, 0.717) is 11.4 Å². The number of halogens is 1. The third-order valence-electron chi connectivity index (χ3n) is 4.68. The van der Waals surface area contributed by atoms with Gasteiger partial charge in [0.25, 0.3) is 5.56 Å². The van der Waals surface area contributed by atoms with Crippen molar-refractivity contribution in [3.05, 3.63) is 61.5 Å². The average Bonchev–Trinajstić information content (AvgIpc) is 2.98. The first-order valence-corrected chi connectivity index (χ1v) is 9.58. The Kier molecular flexibility index (Phi) is 4.37. The van der Waals surface area contributed by atoms with Crippen LogP contribution in [-0.4, -0.2) is 9.55 Å². The summed E-state index contributed by atoms with van der Waals surface area (Å²) in [6.45, 7) is 0.245. The molecule has 25 heavy (non-hydrogen) atoms. The molecular weight excluding hydrogens is 352 g/mol. The predicted octanol–water partition coefficient (Wildman–Crippen LogP) is 4.21. The van der Waals surface area contributed by atoms with Crippen molar-refractivity contribution in [3.63, 3.8) is 0 Å². The lowest BCUT2D eigenvalue weighted by Gasteiger charge is -2.12. The monoisotopic (exact) mass is 368 g/mol. The van der Waals surface area contributed by atoms with Gasteiger partial charge in [0.2, 0.25) is 0 Å². The molecule has 0 saturated heterocycles. The molecule has 1 aliphatic carbocycles. The first kappa shape index (κ1) is 16.4. The van der Waals surface area contributed by atoms with Crippen molar-refractivity contribution in [2.45, 2.75) is 38.6 Å². The number of aryl methyl sites for hydroxylation is 2. The Morgan fingerprint density at radius 3 is 2.76 bits per heavy atom. The van der Waals surface area contributed by atoms with E-state index in [1.54, 1.807) is 15.9 Å². The van der Waals surface area contributed by atoms with Crippen molar-refractivity contribution >= 4 is 33.2 Å². The van der Waals surface area contributed by atoms with Gasteiger partial charge in [0.05, 0.1) is 11.9 Å². The molecule has 0 saturated carbocycles. The van der Waals surface area contributed by atoms with E-state index in [1.165, 1.54) is 16.9 Å². The van der Waals surface area contributed by atoms with Gasteiger partial charge in [-0.1, -0.05) is 29.7 Å². The summed E-state index contributed by atoms with van der Waals surface area (Å²) in [5.74, 6) is 3.32. The Morgan fingerprint density at radius 2 is 2.00 bits per heavy atom. The summed E-state index contributed by atoms with van der Waals surface area (Å²) in [5, 5.41) is 1.48. The van der Waals surface area contributed by atoms with E-state index in [0.717, 1.165) is 40.9 Å². The maximum Gasteiger partial charge on any atom is 0.263 e. The molecule has 4 rings (SSSR count). The van der Waals surface area contributed by atoms with Crippen LogP contribution in [0.4, 0.5) is 0 Å². The van der Waals surface area contributed by atoms with Gasteiger partial charge in [-0.05, 0) is 48.9 Å². The first-order valence-electron chi connectivity index (χ1n) is 8.39. The van der Waals surface area contributed by atoms with Crippen LogP contribution in [0.15, 0.2) is 29.1 Å². The summed E-state index contributed by atoms with van der Waals surface area (Å²) in [6, 6.07) is 7.61. The highest BCUT2D eigenvalue weighted by atomic mass is 35.5. The summed E-state index contributed by atoms with van der Waals surface area (Å²) >= 11 is 7.63. The number of rotatable bonds is 3. The van der Waals surface area contributed by atoms with Crippen LogP contribution < -0.4 is 5.56 Å². The molecule has 2 aromatic heterocycles. The van der Waals surface area contributed by atoms with Crippen LogP contribution in [0.3, 0.4) is 0 Å². The maximum atomic E-state index is 13.1. The highest BCUT2D eigenvalue weighted by Gasteiger charge is 2.21. The maximum absolute atomic E-state index is 13.1. The molecule has 5 heteroatoms. The van der Waals surface area contributed by atoms with E-state index in [4.69, 9.17) is 23.0 Å². The Morgan fingerprint density at radius 1 is 1.24 bits per heavy atom. The molecular formula is C20H17ClN2OS. The molecule has 0 N–H and O–H groups in total. The largest absolute Gasteiger partial charge is 0.284 e. The van der Waals surface area contributed by atoms with Crippen LogP contribution in [0.25, 0.3) is 10.2 Å². The number of hydrogen-bond acceptors (Lipinski definition) is 3. The molecule has 0 unspecified atom stereocenters. The van der Waals surface area contributed by atoms with E-state index >= 15 is 0 Å². The van der Waals surface area contributed by atoms with Crippen LogP contribution in [0.2, 0.25) is 5.02 Å². The quantitative estimate of drug-likeness (QED) is 0.649. The van der Waals surface area contributed by atoms with Gasteiger partial charge in [-0.15, -0.1) is 17.8 Å². The summed E-state index contributed by atoms with van der Waals surface area (Å²) in [6.07, 6.45) is 10.4. The normalized spacial score (nSPS) is 13.6. The molecule has 1 aromatic carbocycles. The zero-order valence-corrected chi connectivity index (χ0v) is 15.3. The molecule has 0 aliphatic heterocycles. The summed E-state index contributed by atoms with van der Waals surface area (Å²) < 4.78 is 1.65. The molecule has 3 aromatic rings. The smallest absolute Gasteiger partial charge is 0.263 e. The van der Waals surface area contributed by atoms with Crippen molar-refractivity contribution in [2.24, 2.45) is 0 Å². The van der Waals surface area contributed by atoms with Gasteiger partial charge in [-0.3, -0.25) is 9.36 Å². The Balaban J connectivity index is 1.88. The third kappa shape index (κ3) is 2.99. The van der Waals surface area contributed by atoms with Crippen LogP contribution in [-0.2, 0) is 25.8 Å². The molecule has 0 fully saturated rings. The Bertz CT molecular complexity index is 1040. The fourth-order valence-electron chi connectivity index (χ4n) is 3.45.